The van der Waals surface area contributed by atoms with E-state index in [1.807, 2.05) is 6.07 Å². The van der Waals surface area contributed by atoms with Gasteiger partial charge in [0, 0.05) is 31.4 Å². The highest BCUT2D eigenvalue weighted by Gasteiger charge is 2.29. The van der Waals surface area contributed by atoms with Crippen LogP contribution in [0.2, 0.25) is 0 Å². The van der Waals surface area contributed by atoms with Crippen LogP contribution in [-0.2, 0) is 13.0 Å². The summed E-state index contributed by atoms with van der Waals surface area (Å²) in [6.07, 6.45) is 2.76. The number of rotatable bonds is 4. The zero-order chi connectivity index (χ0) is 19.1. The summed E-state index contributed by atoms with van der Waals surface area (Å²) >= 11 is 0. The molecule has 1 aromatic carbocycles. The molecule has 3 aromatic rings. The molecule has 0 amide bonds. The van der Waals surface area contributed by atoms with E-state index in [4.69, 9.17) is 8.94 Å². The lowest BCUT2D eigenvalue weighted by atomic mass is 10.1. The summed E-state index contributed by atoms with van der Waals surface area (Å²) in [4.78, 5) is 9.32. The molecule has 7 heteroatoms. The van der Waals surface area contributed by atoms with Crippen molar-refractivity contribution in [3.05, 3.63) is 53.7 Å². The highest BCUT2D eigenvalue weighted by molar-refractivity contribution is 5.62. The lowest BCUT2D eigenvalue weighted by molar-refractivity contribution is 0.190. The first-order valence-electron chi connectivity index (χ1n) is 9.86. The maximum absolute atomic E-state index is 5.83. The zero-order valence-electron chi connectivity index (χ0n) is 16.3. The van der Waals surface area contributed by atoms with Crippen LogP contribution in [0.25, 0.3) is 11.5 Å². The van der Waals surface area contributed by atoms with E-state index in [0.29, 0.717) is 18.5 Å². The minimum atomic E-state index is 0.132. The van der Waals surface area contributed by atoms with Crippen molar-refractivity contribution < 1.29 is 8.94 Å². The van der Waals surface area contributed by atoms with Gasteiger partial charge in [0.15, 0.2) is 5.82 Å². The molecule has 2 atom stereocenters. The van der Waals surface area contributed by atoms with Crippen LogP contribution in [-0.4, -0.2) is 47.8 Å². The van der Waals surface area contributed by atoms with Crippen molar-refractivity contribution in [2.24, 2.45) is 0 Å². The number of benzene rings is 1. The third kappa shape index (κ3) is 3.00. The van der Waals surface area contributed by atoms with Crippen molar-refractivity contribution >= 4 is 5.69 Å². The summed E-state index contributed by atoms with van der Waals surface area (Å²) in [6.45, 7) is 5.72. The quantitative estimate of drug-likeness (QED) is 0.747. The van der Waals surface area contributed by atoms with Gasteiger partial charge in [0.05, 0.1) is 24.4 Å². The summed E-state index contributed by atoms with van der Waals surface area (Å²) in [6, 6.07) is 11.0. The second-order valence-corrected chi connectivity index (χ2v) is 7.73. The molecule has 1 saturated heterocycles. The molecule has 0 saturated carbocycles. The monoisotopic (exact) mass is 379 g/mol. The van der Waals surface area contributed by atoms with Crippen LogP contribution in [0.5, 0.6) is 0 Å². The summed E-state index contributed by atoms with van der Waals surface area (Å²) in [5.74, 6) is 2.10. The molecule has 2 aliphatic heterocycles. The van der Waals surface area contributed by atoms with Crippen LogP contribution in [0.15, 0.2) is 45.5 Å². The lowest BCUT2D eigenvalue weighted by Crippen LogP contribution is -2.44. The Morgan fingerprint density at radius 2 is 2.14 bits per heavy atom. The summed E-state index contributed by atoms with van der Waals surface area (Å²) in [5, 5.41) is 7.64. The van der Waals surface area contributed by atoms with E-state index in [9.17, 15) is 0 Å². The van der Waals surface area contributed by atoms with Gasteiger partial charge in [-0.15, -0.1) is 0 Å². The fraction of sp³-hybridized carbons (Fsp3) is 0.429. The molecule has 0 radical (unpaired) electrons. The average molecular weight is 379 g/mol. The minimum absolute atomic E-state index is 0.132. The van der Waals surface area contributed by atoms with E-state index in [1.54, 1.807) is 6.26 Å². The lowest BCUT2D eigenvalue weighted by Gasteiger charge is -2.30. The van der Waals surface area contributed by atoms with Crippen LogP contribution in [0.4, 0.5) is 5.69 Å². The molecule has 146 valence electrons. The van der Waals surface area contributed by atoms with E-state index in [2.05, 4.69) is 63.5 Å². The predicted molar refractivity (Wildman–Crippen MR) is 106 cm³/mol. The number of aromatic nitrogens is 2. The minimum Gasteiger partial charge on any atom is -0.467 e. The number of nitrogens with one attached hydrogen (secondary N) is 1. The van der Waals surface area contributed by atoms with Crippen LogP contribution in [0.1, 0.15) is 30.1 Å². The average Bonchev–Trinajstić information content (AvgIpc) is 3.42. The van der Waals surface area contributed by atoms with E-state index in [0.717, 1.165) is 43.2 Å². The number of fused-ring (bicyclic) bond motifs is 1. The van der Waals surface area contributed by atoms with Crippen molar-refractivity contribution in [3.63, 3.8) is 0 Å². The highest BCUT2D eigenvalue weighted by atomic mass is 16.5. The Hall–Kier alpha value is -2.64. The maximum atomic E-state index is 5.83. The Kier molecular flexibility index (Phi) is 4.41. The van der Waals surface area contributed by atoms with Gasteiger partial charge in [0.2, 0.25) is 0 Å². The summed E-state index contributed by atoms with van der Waals surface area (Å²) in [7, 11) is 2.09. The number of para-hydroxylation sites is 1. The third-order valence-electron chi connectivity index (χ3n) is 5.89. The molecule has 1 fully saturated rings. The first kappa shape index (κ1) is 17.5. The Labute approximate surface area is 164 Å². The van der Waals surface area contributed by atoms with E-state index >= 15 is 0 Å². The normalized spacial score (nSPS) is 22.6. The molecule has 7 nitrogen and oxygen atoms in total. The molecule has 0 aliphatic carbocycles. The Balaban J connectivity index is 1.40. The Morgan fingerprint density at radius 1 is 1.25 bits per heavy atom. The summed E-state index contributed by atoms with van der Waals surface area (Å²) < 4.78 is 11.4. The molecule has 0 spiro atoms. The van der Waals surface area contributed by atoms with Crippen molar-refractivity contribution in [2.45, 2.75) is 32.0 Å². The van der Waals surface area contributed by atoms with Crippen LogP contribution in [0, 0.1) is 0 Å². The van der Waals surface area contributed by atoms with Crippen LogP contribution in [0.3, 0.4) is 0 Å². The molecular weight excluding hydrogens is 354 g/mol. The van der Waals surface area contributed by atoms with Gasteiger partial charge >= 0.3 is 0 Å². The predicted octanol–water partition coefficient (Wildman–Crippen LogP) is 2.86. The van der Waals surface area contributed by atoms with Gasteiger partial charge in [-0.1, -0.05) is 23.4 Å². The Morgan fingerprint density at radius 3 is 3.04 bits per heavy atom. The van der Waals surface area contributed by atoms with Gasteiger partial charge < -0.3 is 19.2 Å². The molecule has 4 heterocycles. The number of piperazine rings is 1. The molecule has 5 rings (SSSR count). The number of nitrogens with zero attached hydrogens (tertiary/aromatic N) is 4. The molecule has 28 heavy (non-hydrogen) atoms. The van der Waals surface area contributed by atoms with Gasteiger partial charge in [-0.3, -0.25) is 4.90 Å². The van der Waals surface area contributed by atoms with E-state index in [1.165, 1.54) is 11.3 Å². The third-order valence-corrected chi connectivity index (χ3v) is 5.89. The standard InChI is InChI=1S/C21H25N5O2/c1-14-11-15-5-3-4-6-17(15)26(14)13-19-16(7-10-27-19)21-23-20(24-28-21)18-12-22-8-9-25(18)2/h3-7,10,14,18,22H,8-9,11-13H2,1-2H3. The molecule has 1 N–H and O–H groups in total. The summed E-state index contributed by atoms with van der Waals surface area (Å²) in [5.41, 5.74) is 3.54. The first-order valence-corrected chi connectivity index (χ1v) is 9.86. The van der Waals surface area contributed by atoms with Crippen LogP contribution >= 0.6 is 0 Å². The molecule has 2 aromatic heterocycles. The van der Waals surface area contributed by atoms with Gasteiger partial charge in [0.1, 0.15) is 5.76 Å². The zero-order valence-corrected chi connectivity index (χ0v) is 16.3. The first-order chi connectivity index (χ1) is 13.7. The second kappa shape index (κ2) is 7.07. The van der Waals surface area contributed by atoms with Gasteiger partial charge in [0.25, 0.3) is 5.89 Å². The van der Waals surface area contributed by atoms with Crippen molar-refractivity contribution in [3.8, 4) is 11.5 Å². The van der Waals surface area contributed by atoms with Gasteiger partial charge in [-0.05, 0) is 38.1 Å². The number of anilines is 1. The molecule has 0 bridgehead atoms. The fourth-order valence-electron chi connectivity index (χ4n) is 4.25. The van der Waals surface area contributed by atoms with Crippen molar-refractivity contribution in [1.82, 2.24) is 20.4 Å². The van der Waals surface area contributed by atoms with Crippen molar-refractivity contribution in [2.75, 3.05) is 31.6 Å². The second-order valence-electron chi connectivity index (χ2n) is 7.73. The SMILES string of the molecule is CC1Cc2ccccc2N1Cc1occc1-c1nc(C2CNCCN2C)no1. The van der Waals surface area contributed by atoms with E-state index < -0.39 is 0 Å². The molecule has 2 unspecified atom stereocenters. The van der Waals surface area contributed by atoms with Gasteiger partial charge in [-0.25, -0.2) is 0 Å². The van der Waals surface area contributed by atoms with Crippen molar-refractivity contribution in [1.29, 1.82) is 0 Å². The topological polar surface area (TPSA) is 70.6 Å². The van der Waals surface area contributed by atoms with Crippen LogP contribution < -0.4 is 10.2 Å². The number of hydrogen-bond donors (Lipinski definition) is 1. The highest BCUT2D eigenvalue weighted by Crippen LogP contribution is 2.35. The van der Waals surface area contributed by atoms with Gasteiger partial charge in [-0.2, -0.15) is 4.98 Å². The smallest absolute Gasteiger partial charge is 0.261 e. The maximum Gasteiger partial charge on any atom is 0.261 e. The van der Waals surface area contributed by atoms with E-state index in [-0.39, 0.29) is 6.04 Å². The Bertz CT molecular complexity index is 965. The number of furan rings is 1. The number of hydrogen-bond acceptors (Lipinski definition) is 7. The largest absolute Gasteiger partial charge is 0.467 e. The fourth-order valence-corrected chi connectivity index (χ4v) is 4.25. The molecule has 2 aliphatic rings. The number of likely N-dealkylation sites (N-methyl/N-ethyl adjacent to an activating group) is 1. The molecular formula is C21H25N5O2.